The smallest absolute Gasteiger partial charge is 0.328 e. The molecule has 0 N–H and O–H groups in total. The third-order valence-electron chi connectivity index (χ3n) is 3.04. The Balaban J connectivity index is 2.35. The van der Waals surface area contributed by atoms with Crippen molar-refractivity contribution in [1.82, 2.24) is 0 Å². The summed E-state index contributed by atoms with van der Waals surface area (Å²) < 4.78 is 4.75. The summed E-state index contributed by atoms with van der Waals surface area (Å²) >= 11 is 12.4. The van der Waals surface area contributed by atoms with Crippen LogP contribution in [0, 0.1) is 6.92 Å². The van der Waals surface area contributed by atoms with Crippen molar-refractivity contribution in [3.8, 4) is 0 Å². The van der Waals surface area contributed by atoms with E-state index in [2.05, 4.69) is 0 Å². The van der Waals surface area contributed by atoms with Crippen LogP contribution in [0.4, 0.5) is 5.69 Å². The van der Waals surface area contributed by atoms with Gasteiger partial charge in [0.1, 0.15) is 6.04 Å². The van der Waals surface area contributed by atoms with E-state index >= 15 is 0 Å². The van der Waals surface area contributed by atoms with E-state index in [0.717, 1.165) is 24.2 Å². The molecule has 1 atom stereocenters. The summed E-state index contributed by atoms with van der Waals surface area (Å²) in [5, 5.41) is 1.17. The molecule has 1 aromatic rings. The van der Waals surface area contributed by atoms with Gasteiger partial charge in [0.2, 0.25) is 0 Å². The van der Waals surface area contributed by atoms with Crippen LogP contribution in [0.25, 0.3) is 0 Å². The molecule has 3 nitrogen and oxygen atoms in total. The van der Waals surface area contributed by atoms with Gasteiger partial charge >= 0.3 is 5.97 Å². The number of ether oxygens (including phenoxy) is 1. The average molecular weight is 274 g/mol. The van der Waals surface area contributed by atoms with Crippen molar-refractivity contribution in [1.29, 1.82) is 0 Å². The van der Waals surface area contributed by atoms with E-state index < -0.39 is 0 Å². The molecule has 2 rings (SSSR count). The van der Waals surface area contributed by atoms with E-state index in [4.69, 9.17) is 27.9 Å². The number of halogens is 2. The molecule has 5 heteroatoms. The summed E-state index contributed by atoms with van der Waals surface area (Å²) in [5.41, 5.74) is 1.68. The van der Waals surface area contributed by atoms with Crippen LogP contribution in [0.2, 0.25) is 10.0 Å². The molecule has 1 aliphatic heterocycles. The number of benzene rings is 1. The van der Waals surface area contributed by atoms with Crippen LogP contribution in [0.5, 0.6) is 0 Å². The Morgan fingerprint density at radius 3 is 2.71 bits per heavy atom. The zero-order valence-corrected chi connectivity index (χ0v) is 11.2. The number of esters is 1. The van der Waals surface area contributed by atoms with Crippen molar-refractivity contribution in [2.45, 2.75) is 19.4 Å². The molecule has 1 heterocycles. The van der Waals surface area contributed by atoms with E-state index in [1.165, 1.54) is 7.11 Å². The van der Waals surface area contributed by atoms with Gasteiger partial charge in [0.25, 0.3) is 0 Å². The Kier molecular flexibility index (Phi) is 3.50. The number of methoxy groups -OCH3 is 1. The van der Waals surface area contributed by atoms with Gasteiger partial charge in [0, 0.05) is 6.54 Å². The lowest BCUT2D eigenvalue weighted by Gasteiger charge is -2.41. The molecule has 0 amide bonds. The van der Waals surface area contributed by atoms with Crippen LogP contribution < -0.4 is 4.90 Å². The van der Waals surface area contributed by atoms with Crippen LogP contribution in [-0.2, 0) is 9.53 Å². The fourth-order valence-electron chi connectivity index (χ4n) is 1.94. The van der Waals surface area contributed by atoms with E-state index in [-0.39, 0.29) is 12.0 Å². The van der Waals surface area contributed by atoms with Crippen molar-refractivity contribution in [2.75, 3.05) is 18.6 Å². The number of carbonyl (C=O) groups excluding carboxylic acids is 1. The van der Waals surface area contributed by atoms with E-state index in [1.54, 1.807) is 6.07 Å². The van der Waals surface area contributed by atoms with Gasteiger partial charge in [-0.2, -0.15) is 0 Å². The number of carbonyl (C=O) groups is 1. The van der Waals surface area contributed by atoms with Gasteiger partial charge in [0.05, 0.1) is 22.8 Å². The molecule has 17 heavy (non-hydrogen) atoms. The van der Waals surface area contributed by atoms with Crippen molar-refractivity contribution >= 4 is 34.9 Å². The molecule has 0 radical (unpaired) electrons. The van der Waals surface area contributed by atoms with Gasteiger partial charge in [-0.25, -0.2) is 4.79 Å². The standard InChI is InChI=1S/C12H13Cl2NO2/c1-7-3-4-8(13)11(10(7)14)15-6-5-9(15)12(16)17-2/h3-4,9H,5-6H2,1-2H3. The third kappa shape index (κ3) is 2.09. The molecule has 1 aliphatic rings. The minimum absolute atomic E-state index is 0.245. The fourth-order valence-corrected chi connectivity index (χ4v) is 2.53. The number of rotatable bonds is 2. The molecular formula is C12H13Cl2NO2. The molecule has 0 aliphatic carbocycles. The molecule has 0 bridgehead atoms. The van der Waals surface area contributed by atoms with Crippen LogP contribution >= 0.6 is 23.2 Å². The van der Waals surface area contributed by atoms with E-state index in [1.807, 2.05) is 17.9 Å². The molecule has 1 unspecified atom stereocenters. The van der Waals surface area contributed by atoms with Crippen molar-refractivity contribution in [2.24, 2.45) is 0 Å². The van der Waals surface area contributed by atoms with Gasteiger partial charge in [-0.15, -0.1) is 0 Å². The number of nitrogens with zero attached hydrogens (tertiary/aromatic N) is 1. The molecule has 1 saturated heterocycles. The second-order valence-corrected chi connectivity index (χ2v) is 4.83. The van der Waals surface area contributed by atoms with Crippen molar-refractivity contribution in [3.05, 3.63) is 27.7 Å². The van der Waals surface area contributed by atoms with Gasteiger partial charge in [0.15, 0.2) is 0 Å². The predicted molar refractivity (Wildman–Crippen MR) is 69.0 cm³/mol. The molecule has 0 aromatic heterocycles. The normalized spacial score (nSPS) is 18.8. The highest BCUT2D eigenvalue weighted by molar-refractivity contribution is 6.39. The second-order valence-electron chi connectivity index (χ2n) is 4.05. The highest BCUT2D eigenvalue weighted by Gasteiger charge is 2.37. The highest BCUT2D eigenvalue weighted by atomic mass is 35.5. The summed E-state index contributed by atoms with van der Waals surface area (Å²) in [7, 11) is 1.39. The van der Waals surface area contributed by atoms with Gasteiger partial charge in [-0.1, -0.05) is 29.3 Å². The minimum Gasteiger partial charge on any atom is -0.467 e. The van der Waals surface area contributed by atoms with E-state index in [9.17, 15) is 4.79 Å². The zero-order chi connectivity index (χ0) is 12.6. The third-order valence-corrected chi connectivity index (χ3v) is 3.82. The summed E-state index contributed by atoms with van der Waals surface area (Å²) in [5.74, 6) is -0.245. The van der Waals surface area contributed by atoms with Crippen molar-refractivity contribution in [3.63, 3.8) is 0 Å². The molecule has 1 fully saturated rings. The van der Waals surface area contributed by atoms with Crippen LogP contribution in [-0.4, -0.2) is 25.7 Å². The Morgan fingerprint density at radius 1 is 1.47 bits per heavy atom. The minimum atomic E-state index is -0.267. The zero-order valence-electron chi connectivity index (χ0n) is 9.67. The first-order valence-corrected chi connectivity index (χ1v) is 6.11. The lowest BCUT2D eigenvalue weighted by atomic mass is 10.0. The van der Waals surface area contributed by atoms with Crippen LogP contribution in [0.15, 0.2) is 12.1 Å². The lowest BCUT2D eigenvalue weighted by Crippen LogP contribution is -2.53. The topological polar surface area (TPSA) is 29.5 Å². The predicted octanol–water partition coefficient (Wildman–Crippen LogP) is 3.05. The summed E-state index contributed by atoms with van der Waals surface area (Å²) in [6.07, 6.45) is 0.771. The number of hydrogen-bond donors (Lipinski definition) is 0. The Hall–Kier alpha value is -0.930. The maximum Gasteiger partial charge on any atom is 0.328 e. The fraction of sp³-hybridized carbons (Fsp3) is 0.417. The monoisotopic (exact) mass is 273 g/mol. The molecule has 92 valence electrons. The van der Waals surface area contributed by atoms with Crippen LogP contribution in [0.1, 0.15) is 12.0 Å². The largest absolute Gasteiger partial charge is 0.467 e. The first-order chi connectivity index (χ1) is 8.06. The quantitative estimate of drug-likeness (QED) is 0.776. The maximum absolute atomic E-state index is 11.5. The van der Waals surface area contributed by atoms with Gasteiger partial charge in [-0.05, 0) is 25.0 Å². The second kappa shape index (κ2) is 4.75. The highest BCUT2D eigenvalue weighted by Crippen LogP contribution is 2.40. The Morgan fingerprint density at radius 2 is 2.18 bits per heavy atom. The summed E-state index contributed by atoms with van der Waals surface area (Å²) in [4.78, 5) is 13.4. The van der Waals surface area contributed by atoms with Crippen LogP contribution in [0.3, 0.4) is 0 Å². The average Bonchev–Trinajstić information content (AvgIpc) is 2.27. The SMILES string of the molecule is COC(=O)C1CCN1c1c(Cl)ccc(C)c1Cl. The van der Waals surface area contributed by atoms with Crippen molar-refractivity contribution < 1.29 is 9.53 Å². The lowest BCUT2D eigenvalue weighted by molar-refractivity contribution is -0.143. The first kappa shape index (κ1) is 12.5. The summed E-state index contributed by atoms with van der Waals surface area (Å²) in [6, 6.07) is 3.39. The molecule has 0 saturated carbocycles. The molecule has 0 spiro atoms. The number of aryl methyl sites for hydroxylation is 1. The Labute approximate surface area is 110 Å². The number of hydrogen-bond acceptors (Lipinski definition) is 3. The summed E-state index contributed by atoms with van der Waals surface area (Å²) in [6.45, 7) is 2.68. The van der Waals surface area contributed by atoms with E-state index in [0.29, 0.717) is 10.0 Å². The Bertz CT molecular complexity index is 462. The maximum atomic E-state index is 11.5. The van der Waals surface area contributed by atoms with Gasteiger partial charge in [-0.3, -0.25) is 0 Å². The molecular weight excluding hydrogens is 261 g/mol. The van der Waals surface area contributed by atoms with Gasteiger partial charge < -0.3 is 9.64 Å². The first-order valence-electron chi connectivity index (χ1n) is 5.35. The molecule has 1 aromatic carbocycles. The number of anilines is 1.